The maximum absolute atomic E-state index is 14.4. The van der Waals surface area contributed by atoms with Gasteiger partial charge in [-0.15, -0.1) is 0 Å². The first kappa shape index (κ1) is 30.7. The van der Waals surface area contributed by atoms with Crippen LogP contribution in [0.2, 0.25) is 5.02 Å². The summed E-state index contributed by atoms with van der Waals surface area (Å²) < 4.78 is 43.2. The number of fused-ring (bicyclic) bond motifs is 1. The summed E-state index contributed by atoms with van der Waals surface area (Å²) in [5, 5.41) is 11.5. The van der Waals surface area contributed by atoms with E-state index < -0.39 is 17.7 Å². The van der Waals surface area contributed by atoms with Crippen molar-refractivity contribution in [2.45, 2.75) is 63.1 Å². The highest BCUT2D eigenvalue weighted by Gasteiger charge is 2.63. The Hall–Kier alpha value is -2.78. The van der Waals surface area contributed by atoms with E-state index in [0.717, 1.165) is 50.0 Å². The number of hydrogen-bond donors (Lipinski definition) is 1. The quantitative estimate of drug-likeness (QED) is 0.450. The third-order valence-electron chi connectivity index (χ3n) is 9.39. The van der Waals surface area contributed by atoms with Crippen LogP contribution in [0, 0.1) is 11.8 Å². The summed E-state index contributed by atoms with van der Waals surface area (Å²) in [7, 11) is 3.38. The Kier molecular flexibility index (Phi) is 8.82. The van der Waals surface area contributed by atoms with Gasteiger partial charge in [0, 0.05) is 51.5 Å². The van der Waals surface area contributed by atoms with Gasteiger partial charge in [-0.2, -0.15) is 13.2 Å². The highest BCUT2D eigenvalue weighted by molar-refractivity contribution is 6.34. The maximum atomic E-state index is 14.4. The lowest BCUT2D eigenvalue weighted by Crippen LogP contribution is -2.57. The van der Waals surface area contributed by atoms with E-state index in [-0.39, 0.29) is 24.6 Å². The highest BCUT2D eigenvalue weighted by atomic mass is 35.5. The maximum Gasteiger partial charge on any atom is 0.430 e. The van der Waals surface area contributed by atoms with Gasteiger partial charge in [-0.1, -0.05) is 29.8 Å². The van der Waals surface area contributed by atoms with Crippen LogP contribution in [0.15, 0.2) is 36.4 Å². The molecule has 1 aliphatic carbocycles. The standard InChI is InChI=1S/C32H39ClF3N3O3/c1-37(2)29(40)26-10-9-24(20-28(26)33)38-15-11-21(12-16-38)19-22-13-17-39(18-14-22)30(41)31(42,32(34,35)36)27-8-4-6-23-5-3-7-25(23)27/h4,6,8-10,20-22,42H,3,5,7,11-19H2,1-2H3. The molecule has 1 atom stereocenters. The largest absolute Gasteiger partial charge is 0.430 e. The molecule has 1 unspecified atom stereocenters. The summed E-state index contributed by atoms with van der Waals surface area (Å²) >= 11 is 6.41. The van der Waals surface area contributed by atoms with Gasteiger partial charge < -0.3 is 19.8 Å². The SMILES string of the molecule is CN(C)C(=O)c1ccc(N2CCC(CC3CCN(C(=O)C(O)(c4cccc5c4CCC5)C(F)(F)F)CC3)CC2)cc1Cl. The number of carbonyl (C=O) groups excluding carboxylic acids is 2. The molecule has 2 aliphatic heterocycles. The third kappa shape index (κ3) is 5.87. The van der Waals surface area contributed by atoms with E-state index in [1.54, 1.807) is 26.2 Å². The first-order chi connectivity index (χ1) is 19.9. The molecule has 2 aromatic carbocycles. The number of aliphatic hydroxyl groups is 1. The zero-order chi connectivity index (χ0) is 30.2. The number of rotatable bonds is 6. The molecule has 2 heterocycles. The molecule has 0 spiro atoms. The molecule has 42 heavy (non-hydrogen) atoms. The van der Waals surface area contributed by atoms with Crippen LogP contribution in [0.3, 0.4) is 0 Å². The van der Waals surface area contributed by atoms with Gasteiger partial charge >= 0.3 is 6.18 Å². The molecule has 3 aliphatic rings. The van der Waals surface area contributed by atoms with Gasteiger partial charge in [0.15, 0.2) is 0 Å². The van der Waals surface area contributed by atoms with E-state index in [0.29, 0.717) is 53.7 Å². The zero-order valence-corrected chi connectivity index (χ0v) is 25.0. The molecule has 228 valence electrons. The Morgan fingerprint density at radius 3 is 2.21 bits per heavy atom. The monoisotopic (exact) mass is 605 g/mol. The number of amides is 2. The molecular formula is C32H39ClF3N3O3. The highest BCUT2D eigenvalue weighted by Crippen LogP contribution is 2.45. The van der Waals surface area contributed by atoms with E-state index >= 15 is 0 Å². The van der Waals surface area contributed by atoms with Crippen LogP contribution < -0.4 is 4.90 Å². The molecule has 0 bridgehead atoms. The Morgan fingerprint density at radius 1 is 0.976 bits per heavy atom. The number of anilines is 1. The third-order valence-corrected chi connectivity index (χ3v) is 9.71. The van der Waals surface area contributed by atoms with E-state index in [1.165, 1.54) is 21.9 Å². The number of likely N-dealkylation sites (tertiary alicyclic amines) is 1. The van der Waals surface area contributed by atoms with Gasteiger partial charge in [-0.05, 0) is 92.5 Å². The van der Waals surface area contributed by atoms with Gasteiger partial charge in [0.1, 0.15) is 0 Å². The Bertz CT molecular complexity index is 1320. The predicted molar refractivity (Wildman–Crippen MR) is 157 cm³/mol. The van der Waals surface area contributed by atoms with Crippen molar-refractivity contribution >= 4 is 29.1 Å². The van der Waals surface area contributed by atoms with Crippen LogP contribution in [-0.4, -0.2) is 73.2 Å². The normalized spacial score (nSPS) is 19.9. The average Bonchev–Trinajstić information content (AvgIpc) is 3.45. The molecule has 2 saturated heterocycles. The Morgan fingerprint density at radius 2 is 1.62 bits per heavy atom. The molecule has 6 nitrogen and oxygen atoms in total. The van der Waals surface area contributed by atoms with Gasteiger partial charge in [-0.3, -0.25) is 9.59 Å². The number of alkyl halides is 3. The van der Waals surface area contributed by atoms with Gasteiger partial charge in [0.05, 0.1) is 10.6 Å². The van der Waals surface area contributed by atoms with E-state index in [1.807, 2.05) is 12.1 Å². The Balaban J connectivity index is 1.16. The molecule has 2 amide bonds. The molecule has 2 aromatic rings. The summed E-state index contributed by atoms with van der Waals surface area (Å²) in [5.41, 5.74) is -1.11. The summed E-state index contributed by atoms with van der Waals surface area (Å²) in [6.07, 6.45) is 0.913. The lowest BCUT2D eigenvalue weighted by Gasteiger charge is -2.40. The summed E-state index contributed by atoms with van der Waals surface area (Å²) in [5.74, 6) is -0.558. The first-order valence-electron chi connectivity index (χ1n) is 14.9. The fourth-order valence-corrected chi connectivity index (χ4v) is 7.22. The lowest BCUT2D eigenvalue weighted by atomic mass is 9.81. The number of hydrogen-bond acceptors (Lipinski definition) is 4. The lowest BCUT2D eigenvalue weighted by molar-refractivity contribution is -0.262. The van der Waals surface area contributed by atoms with Crippen molar-refractivity contribution in [2.24, 2.45) is 11.8 Å². The summed E-state index contributed by atoms with van der Waals surface area (Å²) in [6, 6.07) is 10.1. The van der Waals surface area contributed by atoms with Crippen molar-refractivity contribution in [2.75, 3.05) is 45.2 Å². The van der Waals surface area contributed by atoms with Crippen molar-refractivity contribution < 1.29 is 27.9 Å². The van der Waals surface area contributed by atoms with Crippen molar-refractivity contribution in [3.05, 3.63) is 63.7 Å². The summed E-state index contributed by atoms with van der Waals surface area (Å²) in [6.45, 7) is 2.15. The number of halogens is 4. The molecule has 2 fully saturated rings. The molecular weight excluding hydrogens is 567 g/mol. The van der Waals surface area contributed by atoms with Crippen LogP contribution in [-0.2, 0) is 23.2 Å². The van der Waals surface area contributed by atoms with Crippen LogP contribution in [0.1, 0.15) is 65.6 Å². The van der Waals surface area contributed by atoms with Crippen molar-refractivity contribution in [1.29, 1.82) is 0 Å². The van der Waals surface area contributed by atoms with Crippen LogP contribution in [0.4, 0.5) is 18.9 Å². The second-order valence-electron chi connectivity index (χ2n) is 12.3. The summed E-state index contributed by atoms with van der Waals surface area (Å²) in [4.78, 5) is 30.6. The number of carbonyl (C=O) groups is 2. The molecule has 0 radical (unpaired) electrons. The fourth-order valence-electron chi connectivity index (χ4n) is 6.96. The first-order valence-corrected chi connectivity index (χ1v) is 15.2. The van der Waals surface area contributed by atoms with Gasteiger partial charge in [0.2, 0.25) is 0 Å². The molecule has 5 rings (SSSR count). The van der Waals surface area contributed by atoms with Crippen molar-refractivity contribution in [3.8, 4) is 0 Å². The molecule has 10 heteroatoms. The minimum atomic E-state index is -5.11. The van der Waals surface area contributed by atoms with Gasteiger partial charge in [0.25, 0.3) is 17.4 Å². The van der Waals surface area contributed by atoms with Gasteiger partial charge in [-0.25, -0.2) is 0 Å². The van der Waals surface area contributed by atoms with Crippen molar-refractivity contribution in [1.82, 2.24) is 9.80 Å². The topological polar surface area (TPSA) is 64.1 Å². The van der Waals surface area contributed by atoms with E-state index in [9.17, 15) is 27.9 Å². The second kappa shape index (κ2) is 12.1. The molecule has 1 N–H and O–H groups in total. The number of piperidine rings is 2. The Labute approximate surface area is 250 Å². The number of benzene rings is 2. The molecule has 0 aromatic heterocycles. The smallest absolute Gasteiger partial charge is 0.371 e. The molecule has 0 saturated carbocycles. The van der Waals surface area contributed by atoms with E-state index in [4.69, 9.17) is 11.6 Å². The van der Waals surface area contributed by atoms with Crippen LogP contribution >= 0.6 is 11.6 Å². The minimum absolute atomic E-state index is 0.135. The zero-order valence-electron chi connectivity index (χ0n) is 24.2. The average molecular weight is 606 g/mol. The number of nitrogens with zero attached hydrogens (tertiary/aromatic N) is 3. The predicted octanol–water partition coefficient (Wildman–Crippen LogP) is 5.83. The van der Waals surface area contributed by atoms with E-state index in [2.05, 4.69) is 4.90 Å². The number of aryl methyl sites for hydroxylation is 1. The minimum Gasteiger partial charge on any atom is -0.371 e. The van der Waals surface area contributed by atoms with Crippen LogP contribution in [0.5, 0.6) is 0 Å². The van der Waals surface area contributed by atoms with Crippen molar-refractivity contribution in [3.63, 3.8) is 0 Å². The van der Waals surface area contributed by atoms with Crippen LogP contribution in [0.25, 0.3) is 0 Å². The second-order valence-corrected chi connectivity index (χ2v) is 12.7. The fraction of sp³-hybridized carbons (Fsp3) is 0.562.